The van der Waals surface area contributed by atoms with Crippen molar-refractivity contribution in [1.82, 2.24) is 34.9 Å². The molecule has 13 heteroatoms. The molecule has 0 aliphatic carbocycles. The van der Waals surface area contributed by atoms with Crippen LogP contribution in [-0.4, -0.2) is 74.3 Å². The first-order valence-corrected chi connectivity index (χ1v) is 14.1. The first-order chi connectivity index (χ1) is 20.8. The summed E-state index contributed by atoms with van der Waals surface area (Å²) >= 11 is 0. The zero-order valence-electron chi connectivity index (χ0n) is 24.1. The number of nitrogens with two attached hydrogens (primary N) is 2. The molecule has 43 heavy (non-hydrogen) atoms. The zero-order valence-corrected chi connectivity index (χ0v) is 24.1. The standard InChI is InChI=1S/C30H35N9O4/c1-19-6-7-21(5-3-4-12-38(16-19)25(41)10-13-42-14-11-33-20(2)40)17-39-29-26(28(31)34-18-35-29)27(37-39)22-8-9-24-23(15-22)36-30(32)43-24/h5-9,15,18H,1,3-4,10-14,16-17H2,2H3,(H2,32,36)(H,33,40)(H2,31,34,35)/b7-6-,21-5+. The van der Waals surface area contributed by atoms with E-state index in [0.29, 0.717) is 73.0 Å². The number of amides is 2. The lowest BCUT2D eigenvalue weighted by atomic mass is 10.1. The lowest BCUT2D eigenvalue weighted by molar-refractivity contribution is -0.132. The number of oxazole rings is 1. The third kappa shape index (κ3) is 7.25. The van der Waals surface area contributed by atoms with E-state index in [1.165, 1.54) is 13.3 Å². The zero-order chi connectivity index (χ0) is 30.3. The van der Waals surface area contributed by atoms with E-state index < -0.39 is 0 Å². The lowest BCUT2D eigenvalue weighted by Crippen LogP contribution is -2.34. The molecule has 1 aliphatic heterocycles. The van der Waals surface area contributed by atoms with Crippen molar-refractivity contribution in [2.75, 3.05) is 44.3 Å². The predicted octanol–water partition coefficient (Wildman–Crippen LogP) is 3.00. The van der Waals surface area contributed by atoms with Crippen LogP contribution in [0.2, 0.25) is 0 Å². The molecule has 5 rings (SSSR count). The summed E-state index contributed by atoms with van der Waals surface area (Å²) in [5.41, 5.74) is 17.1. The number of hydrogen-bond donors (Lipinski definition) is 3. The number of anilines is 2. The van der Waals surface area contributed by atoms with Gasteiger partial charge in [-0.3, -0.25) is 9.59 Å². The van der Waals surface area contributed by atoms with Crippen molar-refractivity contribution in [2.24, 2.45) is 0 Å². The van der Waals surface area contributed by atoms with Crippen LogP contribution in [0.1, 0.15) is 26.2 Å². The van der Waals surface area contributed by atoms with E-state index in [1.807, 2.05) is 33.9 Å². The van der Waals surface area contributed by atoms with Crippen LogP contribution in [-0.2, 0) is 20.9 Å². The van der Waals surface area contributed by atoms with Crippen molar-refractivity contribution in [3.05, 3.63) is 60.5 Å². The Morgan fingerprint density at radius 1 is 1.19 bits per heavy atom. The summed E-state index contributed by atoms with van der Waals surface area (Å²) in [5.74, 6) is 0.237. The second-order valence-corrected chi connectivity index (χ2v) is 10.3. The minimum Gasteiger partial charge on any atom is -0.424 e. The van der Waals surface area contributed by atoms with E-state index in [-0.39, 0.29) is 24.2 Å². The Morgan fingerprint density at radius 3 is 2.88 bits per heavy atom. The largest absolute Gasteiger partial charge is 0.424 e. The highest BCUT2D eigenvalue weighted by Crippen LogP contribution is 2.32. The second kappa shape index (κ2) is 13.3. The summed E-state index contributed by atoms with van der Waals surface area (Å²) in [6.45, 7) is 8.21. The molecule has 1 aliphatic rings. The van der Waals surface area contributed by atoms with Gasteiger partial charge in [-0.05, 0) is 42.2 Å². The molecule has 0 fully saturated rings. The van der Waals surface area contributed by atoms with Gasteiger partial charge in [0.15, 0.2) is 11.2 Å². The molecule has 13 nitrogen and oxygen atoms in total. The molecule has 0 spiro atoms. The summed E-state index contributed by atoms with van der Waals surface area (Å²) in [6, 6.07) is 5.62. The van der Waals surface area contributed by atoms with Crippen LogP contribution in [0, 0.1) is 0 Å². The van der Waals surface area contributed by atoms with Crippen LogP contribution in [0.3, 0.4) is 0 Å². The summed E-state index contributed by atoms with van der Waals surface area (Å²) in [5, 5.41) is 8.21. The van der Waals surface area contributed by atoms with Crippen LogP contribution >= 0.6 is 0 Å². The number of carbonyl (C=O) groups is 2. The van der Waals surface area contributed by atoms with Crippen molar-refractivity contribution >= 4 is 45.8 Å². The minimum atomic E-state index is -0.106. The third-order valence-corrected chi connectivity index (χ3v) is 6.97. The van der Waals surface area contributed by atoms with Crippen molar-refractivity contribution in [1.29, 1.82) is 0 Å². The second-order valence-electron chi connectivity index (χ2n) is 10.3. The number of rotatable bonds is 9. The fraction of sp³-hybridized carbons (Fsp3) is 0.333. The molecule has 0 radical (unpaired) electrons. The number of nitrogens with one attached hydrogen (secondary N) is 1. The van der Waals surface area contributed by atoms with E-state index in [2.05, 4.69) is 32.9 Å². The predicted molar refractivity (Wildman–Crippen MR) is 163 cm³/mol. The highest BCUT2D eigenvalue weighted by atomic mass is 16.5. The Hall–Kier alpha value is -5.04. The quantitative estimate of drug-likeness (QED) is 0.247. The smallest absolute Gasteiger partial charge is 0.292 e. The Labute approximate surface area is 248 Å². The number of allylic oxidation sites excluding steroid dienone is 3. The topological polar surface area (TPSA) is 180 Å². The number of fused-ring (bicyclic) bond motifs is 2. The molecular weight excluding hydrogens is 550 g/mol. The molecule has 0 bridgehead atoms. The van der Waals surface area contributed by atoms with Crippen molar-refractivity contribution in [3.8, 4) is 11.3 Å². The number of ether oxygens (including phenoxy) is 1. The summed E-state index contributed by atoms with van der Waals surface area (Å²) in [6.07, 6.45) is 9.35. The molecule has 0 unspecified atom stereocenters. The van der Waals surface area contributed by atoms with Crippen LogP contribution in [0.4, 0.5) is 11.8 Å². The molecule has 1 aromatic carbocycles. The Kier molecular flexibility index (Phi) is 9.11. The van der Waals surface area contributed by atoms with Crippen LogP contribution in [0.15, 0.2) is 64.9 Å². The first kappa shape index (κ1) is 29.5. The van der Waals surface area contributed by atoms with E-state index in [4.69, 9.17) is 25.7 Å². The average Bonchev–Trinajstić information content (AvgIpc) is 3.54. The van der Waals surface area contributed by atoms with Gasteiger partial charge in [0.05, 0.1) is 31.6 Å². The molecule has 2 amide bonds. The fourth-order valence-corrected chi connectivity index (χ4v) is 4.90. The molecule has 224 valence electrons. The maximum Gasteiger partial charge on any atom is 0.292 e. The van der Waals surface area contributed by atoms with E-state index >= 15 is 0 Å². The normalized spacial score (nSPS) is 16.3. The molecule has 0 saturated heterocycles. The van der Waals surface area contributed by atoms with E-state index in [1.54, 1.807) is 6.07 Å². The molecule has 4 aromatic rings. The minimum absolute atomic E-state index is 0.0122. The van der Waals surface area contributed by atoms with Gasteiger partial charge in [-0.1, -0.05) is 24.8 Å². The summed E-state index contributed by atoms with van der Waals surface area (Å²) in [7, 11) is 0. The lowest BCUT2D eigenvalue weighted by Gasteiger charge is -2.23. The Balaban J connectivity index is 1.28. The summed E-state index contributed by atoms with van der Waals surface area (Å²) in [4.78, 5) is 38.5. The number of benzene rings is 1. The van der Waals surface area contributed by atoms with Crippen LogP contribution in [0.25, 0.3) is 33.4 Å². The van der Waals surface area contributed by atoms with Gasteiger partial charge in [-0.25, -0.2) is 14.6 Å². The first-order valence-electron chi connectivity index (χ1n) is 14.1. The van der Waals surface area contributed by atoms with Gasteiger partial charge in [-0.15, -0.1) is 0 Å². The third-order valence-electron chi connectivity index (χ3n) is 6.97. The Morgan fingerprint density at radius 2 is 2.05 bits per heavy atom. The molecular formula is C30H35N9O4. The molecule has 0 saturated carbocycles. The van der Waals surface area contributed by atoms with E-state index in [9.17, 15) is 9.59 Å². The van der Waals surface area contributed by atoms with Gasteiger partial charge < -0.3 is 30.8 Å². The average molecular weight is 586 g/mol. The SMILES string of the molecule is C=C1/C=C\C(Cn2nc(-c3ccc4oc(N)nc4c3)c3c(N)ncnc32)=C/CCCN(C(=O)CCOCCNC(C)=O)C1. The highest BCUT2D eigenvalue weighted by molar-refractivity contribution is 5.99. The number of hydrogen-bond acceptors (Lipinski definition) is 10. The van der Waals surface area contributed by atoms with Crippen molar-refractivity contribution in [3.63, 3.8) is 0 Å². The van der Waals surface area contributed by atoms with Gasteiger partial charge in [0.2, 0.25) is 11.8 Å². The van der Waals surface area contributed by atoms with Crippen molar-refractivity contribution in [2.45, 2.75) is 32.7 Å². The molecule has 0 atom stereocenters. The molecule has 3 aromatic heterocycles. The number of nitrogens with zero attached hydrogens (tertiary/aromatic N) is 6. The van der Waals surface area contributed by atoms with Crippen molar-refractivity contribution < 1.29 is 18.7 Å². The maximum absolute atomic E-state index is 12.8. The molecule has 4 heterocycles. The van der Waals surface area contributed by atoms with E-state index in [0.717, 1.165) is 29.6 Å². The summed E-state index contributed by atoms with van der Waals surface area (Å²) < 4.78 is 12.7. The van der Waals surface area contributed by atoms with Gasteiger partial charge in [0.25, 0.3) is 6.01 Å². The monoisotopic (exact) mass is 585 g/mol. The number of nitrogen functional groups attached to an aromatic ring is 2. The number of aromatic nitrogens is 5. The maximum atomic E-state index is 12.8. The number of carbonyl (C=O) groups excluding carboxylic acids is 2. The highest BCUT2D eigenvalue weighted by Gasteiger charge is 2.19. The van der Waals surface area contributed by atoms with Crippen LogP contribution in [0.5, 0.6) is 0 Å². The fourth-order valence-electron chi connectivity index (χ4n) is 4.90. The molecule has 5 N–H and O–H groups in total. The van der Waals surface area contributed by atoms with Gasteiger partial charge >= 0.3 is 0 Å². The van der Waals surface area contributed by atoms with Gasteiger partial charge in [0, 0.05) is 32.1 Å². The van der Waals surface area contributed by atoms with Gasteiger partial charge in [-0.2, -0.15) is 10.1 Å². The van der Waals surface area contributed by atoms with Crippen LogP contribution < -0.4 is 16.8 Å². The van der Waals surface area contributed by atoms with Gasteiger partial charge in [0.1, 0.15) is 23.4 Å². The Bertz CT molecular complexity index is 1720.